The minimum Gasteiger partial charge on any atom is -0.378 e. The van der Waals surface area contributed by atoms with Gasteiger partial charge in [-0.05, 0) is 24.8 Å². The number of rotatable bonds is 5. The lowest BCUT2D eigenvalue weighted by Crippen LogP contribution is -2.44. The largest absolute Gasteiger partial charge is 0.378 e. The van der Waals surface area contributed by atoms with E-state index >= 15 is 0 Å². The molecular formula is C23H29N3O4. The molecule has 2 fully saturated rings. The minimum absolute atomic E-state index is 0.0152. The first-order chi connectivity index (χ1) is 14.5. The van der Waals surface area contributed by atoms with Crippen molar-refractivity contribution < 1.29 is 19.1 Å². The van der Waals surface area contributed by atoms with Crippen LogP contribution in [0.1, 0.15) is 43.0 Å². The predicted molar refractivity (Wildman–Crippen MR) is 113 cm³/mol. The van der Waals surface area contributed by atoms with Crippen LogP contribution < -0.4 is 5.32 Å². The summed E-state index contributed by atoms with van der Waals surface area (Å²) in [6.07, 6.45) is 5.88. The Kier molecular flexibility index (Phi) is 6.18. The normalized spacial score (nSPS) is 22.1. The summed E-state index contributed by atoms with van der Waals surface area (Å²) < 4.78 is 7.09. The van der Waals surface area contributed by atoms with Crippen molar-refractivity contribution in [2.75, 3.05) is 26.3 Å². The van der Waals surface area contributed by atoms with Crippen LogP contribution in [0.25, 0.3) is 10.9 Å². The second-order valence-electron chi connectivity index (χ2n) is 8.35. The van der Waals surface area contributed by atoms with Gasteiger partial charge in [-0.1, -0.05) is 38.0 Å². The Balaban J connectivity index is 1.54. The summed E-state index contributed by atoms with van der Waals surface area (Å²) in [6.45, 7) is 4.49. The molecule has 1 aromatic carbocycles. The molecule has 2 aliphatic rings. The number of hydrogen-bond donors (Lipinski definition) is 1. The van der Waals surface area contributed by atoms with E-state index in [1.807, 2.05) is 24.3 Å². The molecule has 2 aromatic rings. The lowest BCUT2D eigenvalue weighted by atomic mass is 9.86. The third-order valence-electron chi connectivity index (χ3n) is 6.34. The summed E-state index contributed by atoms with van der Waals surface area (Å²) in [5.41, 5.74) is 1.13. The van der Waals surface area contributed by atoms with E-state index in [1.165, 1.54) is 6.42 Å². The summed E-state index contributed by atoms with van der Waals surface area (Å²) >= 11 is 0. The van der Waals surface area contributed by atoms with E-state index in [-0.39, 0.29) is 18.5 Å². The molecule has 30 heavy (non-hydrogen) atoms. The van der Waals surface area contributed by atoms with Gasteiger partial charge in [-0.3, -0.25) is 14.4 Å². The minimum atomic E-state index is -0.559. The molecule has 0 unspecified atom stereocenters. The van der Waals surface area contributed by atoms with Gasteiger partial charge >= 0.3 is 0 Å². The predicted octanol–water partition coefficient (Wildman–Crippen LogP) is 2.38. The van der Waals surface area contributed by atoms with Crippen molar-refractivity contribution in [3.63, 3.8) is 0 Å². The van der Waals surface area contributed by atoms with Gasteiger partial charge in [0.15, 0.2) is 0 Å². The standard InChI is InChI=1S/C23H29N3O4/c1-16-6-2-4-8-19(16)24-23(29)22(28)18-14-26(20-9-5-3-7-17(18)20)15-21(27)25-10-12-30-13-11-25/h3,5,7,9,14,16,19H,2,4,6,8,10-13,15H2,1H3,(H,24,29)/t16-,19-/m1/s1. The topological polar surface area (TPSA) is 80.6 Å². The van der Waals surface area contributed by atoms with Crippen molar-refractivity contribution in [2.24, 2.45) is 5.92 Å². The molecule has 1 saturated carbocycles. The number of ketones is 1. The molecule has 1 aromatic heterocycles. The van der Waals surface area contributed by atoms with Crippen LogP contribution in [-0.4, -0.2) is 59.4 Å². The van der Waals surface area contributed by atoms with Gasteiger partial charge in [-0.25, -0.2) is 0 Å². The maximum absolute atomic E-state index is 13.0. The van der Waals surface area contributed by atoms with Crippen molar-refractivity contribution in [1.82, 2.24) is 14.8 Å². The van der Waals surface area contributed by atoms with Crippen LogP contribution in [0.4, 0.5) is 0 Å². The number of hydrogen-bond acceptors (Lipinski definition) is 4. The number of fused-ring (bicyclic) bond motifs is 1. The van der Waals surface area contributed by atoms with E-state index in [0.717, 1.165) is 24.8 Å². The number of nitrogens with one attached hydrogen (secondary N) is 1. The first-order valence-corrected chi connectivity index (χ1v) is 10.8. The summed E-state index contributed by atoms with van der Waals surface area (Å²) in [6, 6.07) is 7.46. The second-order valence-corrected chi connectivity index (χ2v) is 8.35. The monoisotopic (exact) mass is 411 g/mol. The molecule has 2 heterocycles. The zero-order valence-corrected chi connectivity index (χ0v) is 17.4. The van der Waals surface area contributed by atoms with E-state index in [9.17, 15) is 14.4 Å². The molecule has 0 bridgehead atoms. The van der Waals surface area contributed by atoms with Gasteiger partial charge in [-0.2, -0.15) is 0 Å². The Hall–Kier alpha value is -2.67. The number of benzene rings is 1. The number of carbonyl (C=O) groups is 3. The third kappa shape index (κ3) is 4.26. The smallest absolute Gasteiger partial charge is 0.292 e. The zero-order chi connectivity index (χ0) is 21.1. The first kappa shape index (κ1) is 20.6. The molecule has 2 amide bonds. The van der Waals surface area contributed by atoms with E-state index in [1.54, 1.807) is 15.7 Å². The van der Waals surface area contributed by atoms with E-state index in [0.29, 0.717) is 43.2 Å². The maximum atomic E-state index is 13.0. The molecule has 1 saturated heterocycles. The van der Waals surface area contributed by atoms with Gasteiger partial charge in [0.2, 0.25) is 5.91 Å². The van der Waals surface area contributed by atoms with Crippen molar-refractivity contribution >= 4 is 28.5 Å². The average Bonchev–Trinajstić information content (AvgIpc) is 3.14. The van der Waals surface area contributed by atoms with Gasteiger partial charge in [0.1, 0.15) is 6.54 Å². The Morgan fingerprint density at radius 3 is 2.60 bits per heavy atom. The fraction of sp³-hybridized carbons (Fsp3) is 0.522. The number of amides is 2. The fourth-order valence-corrected chi connectivity index (χ4v) is 4.50. The molecule has 1 N–H and O–H groups in total. The molecule has 0 spiro atoms. The van der Waals surface area contributed by atoms with Crippen molar-refractivity contribution in [1.29, 1.82) is 0 Å². The second kappa shape index (κ2) is 9.00. The number of carbonyl (C=O) groups excluding carboxylic acids is 3. The molecule has 7 heteroatoms. The van der Waals surface area contributed by atoms with Crippen molar-refractivity contribution in [3.8, 4) is 0 Å². The quantitative estimate of drug-likeness (QED) is 0.605. The summed E-state index contributed by atoms with van der Waals surface area (Å²) in [5.74, 6) is -0.737. The van der Waals surface area contributed by atoms with E-state index in [4.69, 9.17) is 4.74 Å². The van der Waals surface area contributed by atoms with Crippen LogP contribution in [0.15, 0.2) is 30.5 Å². The molecule has 1 aliphatic carbocycles. The van der Waals surface area contributed by atoms with E-state index < -0.39 is 11.7 Å². The molecule has 4 rings (SSSR count). The molecular weight excluding hydrogens is 382 g/mol. The lowest BCUT2D eigenvalue weighted by Gasteiger charge is -2.29. The van der Waals surface area contributed by atoms with Gasteiger partial charge < -0.3 is 19.5 Å². The van der Waals surface area contributed by atoms with Gasteiger partial charge in [-0.15, -0.1) is 0 Å². The van der Waals surface area contributed by atoms with Gasteiger partial charge in [0, 0.05) is 36.2 Å². The van der Waals surface area contributed by atoms with Crippen molar-refractivity contribution in [2.45, 2.75) is 45.2 Å². The van der Waals surface area contributed by atoms with Crippen LogP contribution in [-0.2, 0) is 20.9 Å². The number of morpholine rings is 1. The van der Waals surface area contributed by atoms with Crippen LogP contribution in [0.3, 0.4) is 0 Å². The lowest BCUT2D eigenvalue weighted by molar-refractivity contribution is -0.135. The van der Waals surface area contributed by atoms with Crippen LogP contribution in [0.2, 0.25) is 0 Å². The number of aromatic nitrogens is 1. The van der Waals surface area contributed by atoms with Crippen LogP contribution in [0, 0.1) is 5.92 Å². The number of para-hydroxylation sites is 1. The Morgan fingerprint density at radius 2 is 1.83 bits per heavy atom. The highest BCUT2D eigenvalue weighted by Crippen LogP contribution is 2.25. The number of nitrogens with zero attached hydrogens (tertiary/aromatic N) is 2. The highest BCUT2D eigenvalue weighted by atomic mass is 16.5. The van der Waals surface area contributed by atoms with Gasteiger partial charge in [0.05, 0.1) is 18.8 Å². The zero-order valence-electron chi connectivity index (χ0n) is 17.4. The average molecular weight is 412 g/mol. The summed E-state index contributed by atoms with van der Waals surface area (Å²) in [5, 5.41) is 3.64. The fourth-order valence-electron chi connectivity index (χ4n) is 4.50. The Bertz CT molecular complexity index is 945. The van der Waals surface area contributed by atoms with Crippen LogP contribution >= 0.6 is 0 Å². The van der Waals surface area contributed by atoms with Crippen molar-refractivity contribution in [3.05, 3.63) is 36.0 Å². The Morgan fingerprint density at radius 1 is 1.10 bits per heavy atom. The molecule has 7 nitrogen and oxygen atoms in total. The highest BCUT2D eigenvalue weighted by molar-refractivity contribution is 6.45. The molecule has 0 radical (unpaired) electrons. The van der Waals surface area contributed by atoms with Crippen LogP contribution in [0.5, 0.6) is 0 Å². The first-order valence-electron chi connectivity index (χ1n) is 10.8. The number of Topliss-reactive ketones (excluding diaryl/α,β-unsaturated/α-hetero) is 1. The van der Waals surface area contributed by atoms with Gasteiger partial charge in [0.25, 0.3) is 11.7 Å². The third-order valence-corrected chi connectivity index (χ3v) is 6.34. The number of ether oxygens (including phenoxy) is 1. The Labute approximate surface area is 176 Å². The summed E-state index contributed by atoms with van der Waals surface area (Å²) in [4.78, 5) is 40.2. The molecule has 2 atom stereocenters. The molecule has 1 aliphatic heterocycles. The van der Waals surface area contributed by atoms with E-state index in [2.05, 4.69) is 12.2 Å². The SMILES string of the molecule is C[C@@H]1CCCC[C@H]1NC(=O)C(=O)c1cn(CC(=O)N2CCOCC2)c2ccccc12. The summed E-state index contributed by atoms with van der Waals surface area (Å²) in [7, 11) is 0. The highest BCUT2D eigenvalue weighted by Gasteiger charge is 2.28. The molecule has 160 valence electrons. The maximum Gasteiger partial charge on any atom is 0.292 e.